The first-order valence-electron chi connectivity index (χ1n) is 26.9. The van der Waals surface area contributed by atoms with E-state index < -0.39 is 108 Å². The van der Waals surface area contributed by atoms with Crippen LogP contribution in [0, 0.1) is 35.5 Å². The molecule has 17 nitrogen and oxygen atoms in total. The van der Waals surface area contributed by atoms with E-state index in [0.29, 0.717) is 82.6 Å². The Kier molecular flexibility index (Phi) is 25.0. The average molecular weight is 1040 g/mol. The number of cyclic esters (lactones) is 1. The van der Waals surface area contributed by atoms with Crippen molar-refractivity contribution < 1.29 is 77.3 Å². The van der Waals surface area contributed by atoms with Gasteiger partial charge >= 0.3 is 17.9 Å². The number of aliphatic hydroxyl groups excluding tert-OH is 1. The molecule has 4 aliphatic rings. The molecule has 74 heavy (non-hydrogen) atoms. The maximum atomic E-state index is 14.5. The normalized spacial score (nSPS) is 36.8. The van der Waals surface area contributed by atoms with Crippen LogP contribution in [0.2, 0.25) is 0 Å². The number of rotatable bonds is 12. The summed E-state index contributed by atoms with van der Waals surface area (Å²) < 4.78 is 35.5. The van der Waals surface area contributed by atoms with E-state index in [2.05, 4.69) is 0 Å². The van der Waals surface area contributed by atoms with Crippen molar-refractivity contribution in [3.63, 3.8) is 0 Å². The van der Waals surface area contributed by atoms with Crippen LogP contribution in [0.25, 0.3) is 0 Å². The Morgan fingerprint density at radius 3 is 2.23 bits per heavy atom. The van der Waals surface area contributed by atoms with Gasteiger partial charge in [0.2, 0.25) is 5.79 Å². The minimum absolute atomic E-state index is 0.00459. The molecule has 3 heterocycles. The summed E-state index contributed by atoms with van der Waals surface area (Å²) in [6.45, 7) is 12.6. The number of piperidine rings is 1. The Hall–Kier alpha value is -4.39. The summed E-state index contributed by atoms with van der Waals surface area (Å²) in [5.74, 6) is -9.84. The zero-order chi connectivity index (χ0) is 54.9. The number of carbonyl (C=O) groups excluding carboxylic acids is 6. The zero-order valence-electron chi connectivity index (χ0n) is 45.7. The molecule has 0 unspecified atom stereocenters. The Labute approximate surface area is 438 Å². The fraction of sp³-hybridized carbons (Fsp3) is 0.737. The Bertz CT molecular complexity index is 2050. The number of allylic oxidation sites excluding steroid dienone is 6. The number of ketones is 3. The van der Waals surface area contributed by atoms with E-state index in [0.717, 1.165) is 5.57 Å². The summed E-state index contributed by atoms with van der Waals surface area (Å²) >= 11 is 0. The number of amides is 1. The van der Waals surface area contributed by atoms with Crippen molar-refractivity contribution in [3.8, 4) is 0 Å². The molecule has 0 spiro atoms. The number of aliphatic hydroxyl groups is 2. The third kappa shape index (κ3) is 17.6. The number of nitrogens with zero attached hydrogens (tertiary/aromatic N) is 1. The molecule has 4 rings (SSSR count). The van der Waals surface area contributed by atoms with Crippen molar-refractivity contribution in [2.24, 2.45) is 35.5 Å². The number of carbonyl (C=O) groups is 7. The number of hydrogen-bond donors (Lipinski definition) is 3. The summed E-state index contributed by atoms with van der Waals surface area (Å²) in [4.78, 5) is 96.1. The average Bonchev–Trinajstić information content (AvgIpc) is 3.36. The second kappa shape index (κ2) is 29.8. The summed E-state index contributed by atoms with van der Waals surface area (Å²) in [5.41, 5.74) is 1.22. The van der Waals surface area contributed by atoms with Crippen LogP contribution in [-0.4, -0.2) is 144 Å². The minimum Gasteiger partial charge on any atom is -0.481 e. The van der Waals surface area contributed by atoms with E-state index >= 15 is 0 Å². The lowest BCUT2D eigenvalue weighted by Gasteiger charge is -2.42. The van der Waals surface area contributed by atoms with Crippen LogP contribution in [0.15, 0.2) is 47.6 Å². The number of methoxy groups -OCH3 is 3. The highest BCUT2D eigenvalue weighted by molar-refractivity contribution is 6.39. The van der Waals surface area contributed by atoms with Crippen molar-refractivity contribution in [2.75, 3.05) is 27.9 Å². The molecule has 1 saturated carbocycles. The van der Waals surface area contributed by atoms with E-state index in [9.17, 15) is 43.8 Å². The van der Waals surface area contributed by atoms with Gasteiger partial charge in [0.25, 0.3) is 11.7 Å². The number of esters is 2. The van der Waals surface area contributed by atoms with Crippen molar-refractivity contribution >= 4 is 41.2 Å². The van der Waals surface area contributed by atoms with Crippen molar-refractivity contribution in [1.82, 2.24) is 4.90 Å². The number of aliphatic carboxylic acids is 1. The van der Waals surface area contributed by atoms with Crippen molar-refractivity contribution in [3.05, 3.63) is 47.6 Å². The molecule has 0 aromatic rings. The highest BCUT2D eigenvalue weighted by atomic mass is 16.6. The van der Waals surface area contributed by atoms with Crippen LogP contribution < -0.4 is 0 Å². The van der Waals surface area contributed by atoms with Crippen LogP contribution in [0.4, 0.5) is 0 Å². The molecular formula is C57H87NO16. The third-order valence-corrected chi connectivity index (χ3v) is 15.8. The van der Waals surface area contributed by atoms with Crippen LogP contribution in [0.1, 0.15) is 151 Å². The summed E-state index contributed by atoms with van der Waals surface area (Å²) in [6, 6.07) is -1.19. The summed E-state index contributed by atoms with van der Waals surface area (Å²) in [7, 11) is 4.47. The van der Waals surface area contributed by atoms with E-state index in [1.807, 2.05) is 51.2 Å². The zero-order valence-corrected chi connectivity index (χ0v) is 45.7. The summed E-state index contributed by atoms with van der Waals surface area (Å²) in [5, 5.41) is 32.5. The highest BCUT2D eigenvalue weighted by Crippen LogP contribution is 2.38. The Balaban J connectivity index is 1.66. The quantitative estimate of drug-likeness (QED) is 0.0748. The highest BCUT2D eigenvalue weighted by Gasteiger charge is 2.53. The third-order valence-electron chi connectivity index (χ3n) is 15.8. The van der Waals surface area contributed by atoms with Crippen LogP contribution in [0.5, 0.6) is 0 Å². The topological polar surface area (TPSA) is 239 Å². The molecular weight excluding hydrogens is 955 g/mol. The number of ether oxygens (including phenoxy) is 6. The lowest BCUT2D eigenvalue weighted by Crippen LogP contribution is -2.61. The van der Waals surface area contributed by atoms with Gasteiger partial charge < -0.3 is 48.6 Å². The monoisotopic (exact) mass is 1040 g/mol. The minimum atomic E-state index is -2.46. The Morgan fingerprint density at radius 1 is 0.838 bits per heavy atom. The smallest absolute Gasteiger partial charge is 0.329 e. The van der Waals surface area contributed by atoms with Gasteiger partial charge in [0.1, 0.15) is 36.2 Å². The number of Topliss-reactive ketones (excluding diaryl/α,β-unsaturated/α-hetero) is 3. The van der Waals surface area contributed by atoms with Gasteiger partial charge in [-0.2, -0.15) is 0 Å². The first-order chi connectivity index (χ1) is 35.0. The molecule has 0 radical (unpaired) electrons. The predicted octanol–water partition coefficient (Wildman–Crippen LogP) is 7.38. The van der Waals surface area contributed by atoms with E-state index in [-0.39, 0.29) is 55.6 Å². The van der Waals surface area contributed by atoms with Gasteiger partial charge in [-0.15, -0.1) is 0 Å². The van der Waals surface area contributed by atoms with Gasteiger partial charge in [-0.25, -0.2) is 4.79 Å². The van der Waals surface area contributed by atoms with Crippen LogP contribution in [0.3, 0.4) is 0 Å². The Morgan fingerprint density at radius 2 is 1.55 bits per heavy atom. The maximum absolute atomic E-state index is 14.5. The van der Waals surface area contributed by atoms with Gasteiger partial charge in [-0.05, 0) is 120 Å². The standard InChI is InChI=1S/C57H87NO16/c1-34-18-12-11-13-19-35(2)46(69-8)32-42-25-23-40(7)57(68,74-42)54(65)55(66)58-27-17-16-20-43(58)56(67)73-47(33-44(59)36(3)29-39(6)52(64)53(71-10)51(63)38(5)28-34)37(4)30-41-24-26-45(48(31-41)70-9)72-50(62)22-15-14-21-49(60)61/h11-13,18-19,29,34,36-38,40-43,45-48,52-53,64,68H,14-17,20-28,30-33H2,1-10H3,(H,60,61)/b13-11+,18-12+,35-19+,39-29+/t34-,36-,37-,38-,40-,41+,42+,43+,45-,46+,47+,48-,52-,53+,57-/m1/s1. The second-order valence-electron chi connectivity index (χ2n) is 21.7. The van der Waals surface area contributed by atoms with Gasteiger partial charge in [-0.3, -0.25) is 28.8 Å². The first-order valence-corrected chi connectivity index (χ1v) is 26.9. The molecule has 1 aliphatic carbocycles. The maximum Gasteiger partial charge on any atom is 0.329 e. The molecule has 3 fully saturated rings. The second-order valence-corrected chi connectivity index (χ2v) is 21.7. The van der Waals surface area contributed by atoms with Crippen molar-refractivity contribution in [2.45, 2.75) is 206 Å². The number of carboxylic acid groups (broad SMARTS) is 1. The lowest BCUT2D eigenvalue weighted by molar-refractivity contribution is -0.265. The number of hydrogen-bond acceptors (Lipinski definition) is 15. The van der Waals surface area contributed by atoms with Gasteiger partial charge in [0.05, 0.1) is 18.3 Å². The fourth-order valence-corrected chi connectivity index (χ4v) is 11.0. The number of carboxylic acids is 1. The fourth-order valence-electron chi connectivity index (χ4n) is 11.0. The number of unbranched alkanes of at least 4 members (excludes halogenated alkanes) is 1. The molecule has 2 bridgehead atoms. The van der Waals surface area contributed by atoms with E-state index in [4.69, 9.17) is 33.5 Å². The lowest BCUT2D eigenvalue weighted by atomic mass is 9.78. The largest absolute Gasteiger partial charge is 0.481 e. The van der Waals surface area contributed by atoms with Gasteiger partial charge in [0.15, 0.2) is 5.78 Å². The number of fused-ring (bicyclic) bond motifs is 3. The molecule has 2 saturated heterocycles. The summed E-state index contributed by atoms with van der Waals surface area (Å²) in [6.07, 6.45) is 11.1. The molecule has 17 heteroatoms. The van der Waals surface area contributed by atoms with E-state index in [1.54, 1.807) is 48.0 Å². The molecule has 416 valence electrons. The van der Waals surface area contributed by atoms with Crippen molar-refractivity contribution in [1.29, 1.82) is 0 Å². The first kappa shape index (κ1) is 62.2. The molecule has 0 aromatic carbocycles. The molecule has 3 N–H and O–H groups in total. The van der Waals surface area contributed by atoms with Gasteiger partial charge in [0, 0.05) is 71.3 Å². The predicted molar refractivity (Wildman–Crippen MR) is 275 cm³/mol. The van der Waals surface area contributed by atoms with Crippen LogP contribution >= 0.6 is 0 Å². The molecule has 15 atom stereocenters. The van der Waals surface area contributed by atoms with E-state index in [1.165, 1.54) is 12.0 Å². The molecule has 0 aromatic heterocycles. The van der Waals surface area contributed by atoms with Gasteiger partial charge in [-0.1, -0.05) is 71.1 Å². The molecule has 1 amide bonds. The SMILES string of the molecule is CO[C@H]1C[C@@H]2CC[C@@H](C)[C@@](O)(O2)C(=O)C(=O)N2CCCC[C@H]2C(=O)O[C@H]([C@H](C)C[C@@H]2CC[C@@H](OC(=O)CCCCC(=O)O)[C@H](OC)C2)CC(=O)[C@H](C)/C=C(\C)[C@@H](O)[C@@H](OC)C(=O)[C@H](C)C[C@H](C)/C=C/C=C/C=C/1C. The molecule has 3 aliphatic heterocycles. The van der Waals surface area contributed by atoms with Crippen LogP contribution in [-0.2, 0) is 62.0 Å².